The van der Waals surface area contributed by atoms with Gasteiger partial charge in [0.25, 0.3) is 5.91 Å². The molecule has 0 aliphatic carbocycles. The number of nitrogens with zero attached hydrogens (tertiary/aromatic N) is 1. The summed E-state index contributed by atoms with van der Waals surface area (Å²) in [7, 11) is 1.60. The van der Waals surface area contributed by atoms with Gasteiger partial charge in [-0.3, -0.25) is 10.1 Å². The highest BCUT2D eigenvalue weighted by atomic mass is 32.1. The standard InChI is InChI=1S/C16H15N3O4S2/c1-3-23-16(21)18-13(20)9-7-8-24-14(9)19-15-17-12-10(22-2)5-4-6-11(12)25-15/h4-8H,3H2,1-2H3,(H,17,19)(H,18,20,21). The first-order valence-corrected chi connectivity index (χ1v) is 9.08. The minimum atomic E-state index is -0.769. The molecule has 0 bridgehead atoms. The van der Waals surface area contributed by atoms with Gasteiger partial charge in [0.2, 0.25) is 0 Å². The van der Waals surface area contributed by atoms with Crippen LogP contribution >= 0.6 is 22.7 Å². The third kappa shape index (κ3) is 3.72. The van der Waals surface area contributed by atoms with E-state index in [9.17, 15) is 9.59 Å². The lowest BCUT2D eigenvalue weighted by atomic mass is 10.3. The zero-order valence-electron chi connectivity index (χ0n) is 13.5. The van der Waals surface area contributed by atoms with Crippen LogP contribution in [0.15, 0.2) is 29.6 Å². The van der Waals surface area contributed by atoms with Crippen LogP contribution in [0.25, 0.3) is 10.2 Å². The Morgan fingerprint density at radius 3 is 2.88 bits per heavy atom. The molecule has 1 aromatic carbocycles. The molecule has 2 aromatic heterocycles. The lowest BCUT2D eigenvalue weighted by Gasteiger charge is -2.05. The van der Waals surface area contributed by atoms with E-state index < -0.39 is 12.0 Å². The Hall–Kier alpha value is -2.65. The van der Waals surface area contributed by atoms with Crippen LogP contribution in [-0.2, 0) is 4.74 Å². The van der Waals surface area contributed by atoms with Gasteiger partial charge in [0.15, 0.2) is 5.13 Å². The number of aromatic nitrogens is 1. The number of nitrogens with one attached hydrogen (secondary N) is 2. The molecule has 0 saturated heterocycles. The zero-order valence-corrected chi connectivity index (χ0v) is 15.1. The Labute approximate surface area is 151 Å². The van der Waals surface area contributed by atoms with Gasteiger partial charge in [-0.15, -0.1) is 11.3 Å². The highest BCUT2D eigenvalue weighted by Crippen LogP contribution is 2.35. The van der Waals surface area contributed by atoms with Gasteiger partial charge in [-0.1, -0.05) is 17.4 Å². The first kappa shape index (κ1) is 17.2. The molecule has 0 unspecified atom stereocenters. The molecule has 2 amide bonds. The number of carbonyl (C=O) groups is 2. The highest BCUT2D eigenvalue weighted by molar-refractivity contribution is 7.22. The molecular formula is C16H15N3O4S2. The van der Waals surface area contributed by atoms with E-state index in [4.69, 9.17) is 9.47 Å². The number of thiazole rings is 1. The van der Waals surface area contributed by atoms with E-state index in [1.54, 1.807) is 25.5 Å². The van der Waals surface area contributed by atoms with Crippen molar-refractivity contribution in [3.63, 3.8) is 0 Å². The number of thiophene rings is 1. The van der Waals surface area contributed by atoms with Crippen LogP contribution in [0.5, 0.6) is 5.75 Å². The molecule has 2 N–H and O–H groups in total. The minimum Gasteiger partial charge on any atom is -0.494 e. The lowest BCUT2D eigenvalue weighted by Crippen LogP contribution is -2.31. The number of imide groups is 1. The van der Waals surface area contributed by atoms with Gasteiger partial charge in [-0.2, -0.15) is 0 Å². The van der Waals surface area contributed by atoms with E-state index in [1.165, 1.54) is 22.7 Å². The van der Waals surface area contributed by atoms with Gasteiger partial charge in [0.1, 0.15) is 16.3 Å². The largest absolute Gasteiger partial charge is 0.494 e. The van der Waals surface area contributed by atoms with Crippen LogP contribution in [0.1, 0.15) is 17.3 Å². The number of methoxy groups -OCH3 is 1. The molecule has 3 aromatic rings. The van der Waals surface area contributed by atoms with Crippen molar-refractivity contribution in [3.05, 3.63) is 35.2 Å². The van der Waals surface area contributed by atoms with Crippen molar-refractivity contribution in [1.82, 2.24) is 10.3 Å². The second-order valence-electron chi connectivity index (χ2n) is 4.79. The molecule has 7 nitrogen and oxygen atoms in total. The topological polar surface area (TPSA) is 89.5 Å². The number of hydrogen-bond donors (Lipinski definition) is 2. The van der Waals surface area contributed by atoms with Gasteiger partial charge in [0.05, 0.1) is 24.0 Å². The third-order valence-corrected chi connectivity index (χ3v) is 4.99. The molecule has 130 valence electrons. The monoisotopic (exact) mass is 377 g/mol. The van der Waals surface area contributed by atoms with Gasteiger partial charge in [-0.05, 0) is 30.5 Å². The minimum absolute atomic E-state index is 0.196. The fourth-order valence-electron chi connectivity index (χ4n) is 2.15. The molecule has 0 aliphatic rings. The van der Waals surface area contributed by atoms with Crippen LogP contribution in [-0.4, -0.2) is 30.7 Å². The summed E-state index contributed by atoms with van der Waals surface area (Å²) in [6.45, 7) is 1.87. The number of amides is 2. The van der Waals surface area contributed by atoms with Crippen LogP contribution in [0.2, 0.25) is 0 Å². The van der Waals surface area contributed by atoms with Crippen LogP contribution < -0.4 is 15.4 Å². The zero-order chi connectivity index (χ0) is 17.8. The number of benzene rings is 1. The predicted molar refractivity (Wildman–Crippen MR) is 98.3 cm³/mol. The predicted octanol–water partition coefficient (Wildman–Crippen LogP) is 4.00. The fraction of sp³-hybridized carbons (Fsp3) is 0.188. The van der Waals surface area contributed by atoms with Crippen molar-refractivity contribution in [2.24, 2.45) is 0 Å². The van der Waals surface area contributed by atoms with Crippen molar-refractivity contribution in [3.8, 4) is 5.75 Å². The van der Waals surface area contributed by atoms with Crippen molar-refractivity contribution in [2.45, 2.75) is 6.92 Å². The van der Waals surface area contributed by atoms with E-state index in [-0.39, 0.29) is 6.61 Å². The molecule has 0 aliphatic heterocycles. The molecule has 0 saturated carbocycles. The number of rotatable bonds is 5. The number of hydrogen-bond acceptors (Lipinski definition) is 8. The van der Waals surface area contributed by atoms with Gasteiger partial charge in [-0.25, -0.2) is 9.78 Å². The Morgan fingerprint density at radius 2 is 2.12 bits per heavy atom. The Bertz CT molecular complexity index is 919. The molecule has 0 radical (unpaired) electrons. The number of ether oxygens (including phenoxy) is 2. The molecule has 9 heteroatoms. The summed E-state index contributed by atoms with van der Waals surface area (Å²) in [6.07, 6.45) is -0.769. The lowest BCUT2D eigenvalue weighted by molar-refractivity contribution is 0.0926. The normalized spacial score (nSPS) is 10.5. The van der Waals surface area contributed by atoms with Crippen molar-refractivity contribution in [1.29, 1.82) is 0 Å². The molecule has 2 heterocycles. The third-order valence-electron chi connectivity index (χ3n) is 3.22. The Morgan fingerprint density at radius 1 is 1.28 bits per heavy atom. The van der Waals surface area contributed by atoms with Gasteiger partial charge >= 0.3 is 6.09 Å². The van der Waals surface area contributed by atoms with Crippen molar-refractivity contribution >= 4 is 55.0 Å². The summed E-state index contributed by atoms with van der Waals surface area (Å²) in [5, 5.41) is 8.31. The summed E-state index contributed by atoms with van der Waals surface area (Å²) >= 11 is 2.79. The highest BCUT2D eigenvalue weighted by Gasteiger charge is 2.17. The molecular weight excluding hydrogens is 362 g/mol. The van der Waals surface area contributed by atoms with E-state index in [1.807, 2.05) is 18.2 Å². The first-order chi connectivity index (χ1) is 12.1. The second kappa shape index (κ2) is 7.49. The summed E-state index contributed by atoms with van der Waals surface area (Å²) < 4.78 is 11.0. The summed E-state index contributed by atoms with van der Waals surface area (Å²) in [4.78, 5) is 28.1. The van der Waals surface area contributed by atoms with E-state index in [2.05, 4.69) is 15.6 Å². The maximum Gasteiger partial charge on any atom is 0.414 e. The van der Waals surface area contributed by atoms with E-state index in [0.717, 1.165) is 10.2 Å². The van der Waals surface area contributed by atoms with E-state index in [0.29, 0.717) is 21.4 Å². The summed E-state index contributed by atoms with van der Waals surface area (Å²) in [6, 6.07) is 7.32. The second-order valence-corrected chi connectivity index (χ2v) is 6.74. The summed E-state index contributed by atoms with van der Waals surface area (Å²) in [5.74, 6) is 0.161. The van der Waals surface area contributed by atoms with Crippen molar-refractivity contribution < 1.29 is 19.1 Å². The first-order valence-electron chi connectivity index (χ1n) is 7.38. The number of anilines is 2. The maximum atomic E-state index is 12.2. The van der Waals surface area contributed by atoms with Crippen molar-refractivity contribution in [2.75, 3.05) is 19.0 Å². The average Bonchev–Trinajstić information content (AvgIpc) is 3.21. The Kier molecular flexibility index (Phi) is 5.15. The van der Waals surface area contributed by atoms with Gasteiger partial charge < -0.3 is 14.8 Å². The van der Waals surface area contributed by atoms with Gasteiger partial charge in [0, 0.05) is 0 Å². The quantitative estimate of drug-likeness (QED) is 0.699. The number of para-hydroxylation sites is 1. The fourth-order valence-corrected chi connectivity index (χ4v) is 3.89. The maximum absolute atomic E-state index is 12.2. The van der Waals surface area contributed by atoms with Crippen LogP contribution in [0.3, 0.4) is 0 Å². The number of alkyl carbamates (subject to hydrolysis) is 1. The molecule has 0 spiro atoms. The number of carbonyl (C=O) groups excluding carboxylic acids is 2. The molecule has 0 fully saturated rings. The van der Waals surface area contributed by atoms with Crippen LogP contribution in [0.4, 0.5) is 14.9 Å². The van der Waals surface area contributed by atoms with E-state index >= 15 is 0 Å². The summed E-state index contributed by atoms with van der Waals surface area (Å²) in [5.41, 5.74) is 1.11. The molecule has 25 heavy (non-hydrogen) atoms. The van der Waals surface area contributed by atoms with Crippen LogP contribution in [0, 0.1) is 0 Å². The molecule has 3 rings (SSSR count). The smallest absolute Gasteiger partial charge is 0.414 e. The molecule has 0 atom stereocenters. The number of fused-ring (bicyclic) bond motifs is 1. The average molecular weight is 377 g/mol. The Balaban J connectivity index is 1.81. The SMILES string of the molecule is CCOC(=O)NC(=O)c1ccsc1Nc1nc2c(OC)cccc2s1.